The zero-order valence-corrected chi connectivity index (χ0v) is 12.7. The summed E-state index contributed by atoms with van der Waals surface area (Å²) in [4.78, 5) is 26.9. The number of ether oxygens (including phenoxy) is 1. The minimum absolute atomic E-state index is 0.135. The average Bonchev–Trinajstić information content (AvgIpc) is 2.61. The van der Waals surface area contributed by atoms with Crippen LogP contribution < -0.4 is 10.1 Å². The molecule has 0 aliphatic rings. The summed E-state index contributed by atoms with van der Waals surface area (Å²) in [6.45, 7) is 0. The highest BCUT2D eigenvalue weighted by Gasteiger charge is 2.13. The third-order valence-corrected chi connectivity index (χ3v) is 3.52. The SMILES string of the molecule is COc1ccc2nccc(NC(=O)c3cccc([N+](=O)[O-])c3)c2c1. The second kappa shape index (κ2) is 6.33. The number of anilines is 1. The smallest absolute Gasteiger partial charge is 0.270 e. The van der Waals surface area contributed by atoms with Crippen LogP contribution in [-0.2, 0) is 0 Å². The Morgan fingerprint density at radius 3 is 2.79 bits per heavy atom. The van der Waals surface area contributed by atoms with Gasteiger partial charge < -0.3 is 10.1 Å². The maximum Gasteiger partial charge on any atom is 0.270 e. The highest BCUT2D eigenvalue weighted by atomic mass is 16.6. The number of pyridine rings is 1. The van der Waals surface area contributed by atoms with Gasteiger partial charge in [-0.05, 0) is 30.3 Å². The van der Waals surface area contributed by atoms with Crippen molar-refractivity contribution >= 4 is 28.2 Å². The van der Waals surface area contributed by atoms with Gasteiger partial charge in [-0.1, -0.05) is 6.07 Å². The van der Waals surface area contributed by atoms with Gasteiger partial charge in [-0.15, -0.1) is 0 Å². The summed E-state index contributed by atoms with van der Waals surface area (Å²) in [5.74, 6) is 0.204. The van der Waals surface area contributed by atoms with E-state index in [4.69, 9.17) is 4.74 Å². The summed E-state index contributed by atoms with van der Waals surface area (Å²) in [6, 6.07) is 12.6. The van der Waals surface area contributed by atoms with Crippen LogP contribution in [-0.4, -0.2) is 22.9 Å². The first-order chi connectivity index (χ1) is 11.6. The van der Waals surface area contributed by atoms with E-state index in [-0.39, 0.29) is 11.3 Å². The molecule has 2 aromatic carbocycles. The first kappa shape index (κ1) is 15.4. The summed E-state index contributed by atoms with van der Waals surface area (Å²) < 4.78 is 5.19. The molecule has 0 bridgehead atoms. The molecule has 0 spiro atoms. The van der Waals surface area contributed by atoms with Gasteiger partial charge >= 0.3 is 0 Å². The van der Waals surface area contributed by atoms with Crippen molar-refractivity contribution in [2.24, 2.45) is 0 Å². The molecule has 0 saturated heterocycles. The van der Waals surface area contributed by atoms with E-state index >= 15 is 0 Å². The van der Waals surface area contributed by atoms with E-state index < -0.39 is 10.8 Å². The van der Waals surface area contributed by atoms with Gasteiger partial charge in [0.25, 0.3) is 11.6 Å². The Kier molecular flexibility index (Phi) is 4.07. The normalized spacial score (nSPS) is 10.4. The van der Waals surface area contributed by atoms with E-state index in [2.05, 4.69) is 10.3 Å². The Bertz CT molecular complexity index is 940. The molecule has 0 atom stereocenters. The second-order valence-corrected chi connectivity index (χ2v) is 5.00. The molecule has 0 aliphatic carbocycles. The van der Waals surface area contributed by atoms with Crippen LogP contribution in [0.3, 0.4) is 0 Å². The van der Waals surface area contributed by atoms with Crippen molar-refractivity contribution in [1.82, 2.24) is 4.98 Å². The standard InChI is InChI=1S/C17H13N3O4/c1-24-13-5-6-15-14(10-13)16(7-8-18-15)19-17(21)11-3-2-4-12(9-11)20(22)23/h2-10H,1H3,(H,18,19,21). The molecular weight excluding hydrogens is 310 g/mol. The van der Waals surface area contributed by atoms with Gasteiger partial charge in [0.2, 0.25) is 0 Å². The van der Waals surface area contributed by atoms with Crippen LogP contribution in [0.2, 0.25) is 0 Å². The largest absolute Gasteiger partial charge is 0.497 e. The number of nitrogens with zero attached hydrogens (tertiary/aromatic N) is 2. The van der Waals surface area contributed by atoms with Crippen molar-refractivity contribution < 1.29 is 14.5 Å². The summed E-state index contributed by atoms with van der Waals surface area (Å²) in [7, 11) is 1.55. The van der Waals surface area contributed by atoms with Crippen LogP contribution in [0.1, 0.15) is 10.4 Å². The fourth-order valence-corrected chi connectivity index (χ4v) is 2.32. The zero-order chi connectivity index (χ0) is 17.1. The number of rotatable bonds is 4. The number of methoxy groups -OCH3 is 1. The molecule has 120 valence electrons. The fourth-order valence-electron chi connectivity index (χ4n) is 2.32. The van der Waals surface area contributed by atoms with Gasteiger partial charge in [0.05, 0.1) is 23.2 Å². The number of benzene rings is 2. The Labute approximate surface area is 137 Å². The van der Waals surface area contributed by atoms with Crippen molar-refractivity contribution in [2.75, 3.05) is 12.4 Å². The minimum atomic E-state index is -0.538. The number of non-ortho nitro benzene ring substituents is 1. The Balaban J connectivity index is 1.96. The van der Waals surface area contributed by atoms with Crippen molar-refractivity contribution in [3.05, 3.63) is 70.4 Å². The van der Waals surface area contributed by atoms with Gasteiger partial charge in [-0.25, -0.2) is 0 Å². The molecule has 24 heavy (non-hydrogen) atoms. The number of hydrogen-bond donors (Lipinski definition) is 1. The fraction of sp³-hybridized carbons (Fsp3) is 0.0588. The Morgan fingerprint density at radius 2 is 2.04 bits per heavy atom. The average molecular weight is 323 g/mol. The first-order valence-electron chi connectivity index (χ1n) is 7.07. The summed E-state index contributed by atoms with van der Waals surface area (Å²) in [6.07, 6.45) is 1.58. The third-order valence-electron chi connectivity index (χ3n) is 3.52. The number of nitro benzene ring substituents is 1. The van der Waals surface area contributed by atoms with Crippen molar-refractivity contribution in [2.45, 2.75) is 0 Å². The molecule has 0 fully saturated rings. The third kappa shape index (κ3) is 3.00. The van der Waals surface area contributed by atoms with Gasteiger partial charge in [-0.2, -0.15) is 0 Å². The van der Waals surface area contributed by atoms with Gasteiger partial charge in [-0.3, -0.25) is 19.9 Å². The number of nitro groups is 1. The molecule has 1 N–H and O–H groups in total. The number of fused-ring (bicyclic) bond motifs is 1. The van der Waals surface area contributed by atoms with Crippen LogP contribution in [0.4, 0.5) is 11.4 Å². The molecule has 1 aromatic heterocycles. The number of aromatic nitrogens is 1. The summed E-state index contributed by atoms with van der Waals surface area (Å²) >= 11 is 0. The Morgan fingerprint density at radius 1 is 1.21 bits per heavy atom. The van der Waals surface area contributed by atoms with E-state index in [0.717, 1.165) is 5.39 Å². The van der Waals surface area contributed by atoms with Crippen molar-refractivity contribution in [3.63, 3.8) is 0 Å². The van der Waals surface area contributed by atoms with Crippen LogP contribution in [0.15, 0.2) is 54.7 Å². The van der Waals surface area contributed by atoms with Crippen LogP contribution in [0.5, 0.6) is 5.75 Å². The maximum absolute atomic E-state index is 12.4. The van der Waals surface area contributed by atoms with E-state index in [0.29, 0.717) is 17.0 Å². The molecule has 0 radical (unpaired) electrons. The van der Waals surface area contributed by atoms with Crippen molar-refractivity contribution in [1.29, 1.82) is 0 Å². The van der Waals surface area contributed by atoms with Gasteiger partial charge in [0, 0.05) is 29.3 Å². The topological polar surface area (TPSA) is 94.4 Å². The number of hydrogen-bond acceptors (Lipinski definition) is 5. The highest BCUT2D eigenvalue weighted by molar-refractivity contribution is 6.09. The molecule has 0 unspecified atom stereocenters. The van der Waals surface area contributed by atoms with Gasteiger partial charge in [0.1, 0.15) is 5.75 Å². The quantitative estimate of drug-likeness (QED) is 0.586. The molecule has 7 nitrogen and oxygen atoms in total. The summed E-state index contributed by atoms with van der Waals surface area (Å²) in [5, 5.41) is 14.3. The molecule has 1 amide bonds. The van der Waals surface area contributed by atoms with E-state index in [1.807, 2.05) is 0 Å². The number of carbonyl (C=O) groups is 1. The molecule has 0 aliphatic heterocycles. The molecular formula is C17H13N3O4. The molecule has 7 heteroatoms. The maximum atomic E-state index is 12.4. The van der Waals surface area contributed by atoms with Crippen LogP contribution >= 0.6 is 0 Å². The van der Waals surface area contributed by atoms with E-state index in [1.54, 1.807) is 37.6 Å². The van der Waals surface area contributed by atoms with E-state index in [9.17, 15) is 14.9 Å². The lowest BCUT2D eigenvalue weighted by atomic mass is 10.1. The van der Waals surface area contributed by atoms with Crippen LogP contribution in [0, 0.1) is 10.1 Å². The number of nitrogens with one attached hydrogen (secondary N) is 1. The first-order valence-corrected chi connectivity index (χ1v) is 7.07. The van der Waals surface area contributed by atoms with Crippen LogP contribution in [0.25, 0.3) is 10.9 Å². The minimum Gasteiger partial charge on any atom is -0.497 e. The molecule has 1 heterocycles. The lowest BCUT2D eigenvalue weighted by Crippen LogP contribution is -2.12. The number of carbonyl (C=O) groups excluding carboxylic acids is 1. The molecule has 3 rings (SSSR count). The highest BCUT2D eigenvalue weighted by Crippen LogP contribution is 2.26. The lowest BCUT2D eigenvalue weighted by Gasteiger charge is -2.09. The molecule has 0 saturated carbocycles. The van der Waals surface area contributed by atoms with Gasteiger partial charge in [0.15, 0.2) is 0 Å². The lowest BCUT2D eigenvalue weighted by molar-refractivity contribution is -0.384. The molecule has 3 aromatic rings. The van der Waals surface area contributed by atoms with E-state index in [1.165, 1.54) is 24.3 Å². The predicted octanol–water partition coefficient (Wildman–Crippen LogP) is 3.40. The number of amides is 1. The monoisotopic (exact) mass is 323 g/mol. The summed E-state index contributed by atoms with van der Waals surface area (Å²) in [5.41, 5.74) is 1.32. The van der Waals surface area contributed by atoms with Crippen molar-refractivity contribution in [3.8, 4) is 5.75 Å². The second-order valence-electron chi connectivity index (χ2n) is 5.00. The predicted molar refractivity (Wildman–Crippen MR) is 89.3 cm³/mol. The Hall–Kier alpha value is -3.48. The zero-order valence-electron chi connectivity index (χ0n) is 12.7.